The molecule has 4 unspecified atom stereocenters. The zero-order chi connectivity index (χ0) is 42.6. The van der Waals surface area contributed by atoms with Crippen LogP contribution in [0.15, 0.2) is 67.0 Å². The third-order valence-corrected chi connectivity index (χ3v) is 10.6. The number of hydrogen-bond acceptors (Lipinski definition) is 10. The van der Waals surface area contributed by atoms with Crippen molar-refractivity contribution >= 4 is 35.3 Å². The van der Waals surface area contributed by atoms with Gasteiger partial charge in [-0.2, -0.15) is 0 Å². The summed E-state index contributed by atoms with van der Waals surface area (Å²) in [6.45, 7) is 8.64. The van der Waals surface area contributed by atoms with Gasteiger partial charge in [-0.05, 0) is 68.0 Å². The van der Waals surface area contributed by atoms with Gasteiger partial charge in [0.25, 0.3) is 5.91 Å². The maximum Gasteiger partial charge on any atom is 0.573 e. The zero-order valence-corrected chi connectivity index (χ0v) is 33.5. The number of anilines is 2. The molecule has 2 aliphatic heterocycles. The van der Waals surface area contributed by atoms with Crippen LogP contribution in [-0.4, -0.2) is 101 Å². The van der Waals surface area contributed by atoms with Crippen molar-refractivity contribution in [3.05, 3.63) is 78.4 Å². The maximum absolute atomic E-state index is 13.6. The highest BCUT2D eigenvalue weighted by molar-refractivity contribution is 6.04. The lowest BCUT2D eigenvalue weighted by molar-refractivity contribution is -0.274. The number of aromatic nitrogens is 3. The molecule has 0 bridgehead atoms. The molecule has 0 spiro atoms. The third-order valence-electron chi connectivity index (χ3n) is 10.6. The van der Waals surface area contributed by atoms with Crippen LogP contribution in [0.3, 0.4) is 0 Å². The number of nitrogens with zero attached hydrogens (tertiary/aromatic N) is 4. The number of ether oxygens (including phenoxy) is 2. The summed E-state index contributed by atoms with van der Waals surface area (Å²) in [5.74, 6) is -0.117. The van der Waals surface area contributed by atoms with Gasteiger partial charge in [0.1, 0.15) is 17.4 Å². The Morgan fingerprint density at radius 3 is 2.29 bits per heavy atom. The molecule has 6 rings (SSSR count). The number of piperazine rings is 1. The van der Waals surface area contributed by atoms with Crippen LogP contribution in [0.1, 0.15) is 62.8 Å². The van der Waals surface area contributed by atoms with Crippen LogP contribution < -0.4 is 30.9 Å². The molecule has 0 aliphatic carbocycles. The molecule has 2 aliphatic rings. The number of rotatable bonds is 11. The summed E-state index contributed by atoms with van der Waals surface area (Å²) in [7, 11) is 2.83. The maximum atomic E-state index is 13.6. The number of amides is 4. The Bertz CT molecular complexity index is 2140. The number of urea groups is 1. The second-order valence-corrected chi connectivity index (χ2v) is 15.0. The molecule has 0 saturated carbocycles. The number of alkyl carbamates (subject to hydrolysis) is 1. The second kappa shape index (κ2) is 17.8. The first kappa shape index (κ1) is 42.4. The summed E-state index contributed by atoms with van der Waals surface area (Å²) >= 11 is 0. The van der Waals surface area contributed by atoms with Crippen LogP contribution in [0.4, 0.5) is 34.3 Å². The smallest absolute Gasteiger partial charge is 0.453 e. The van der Waals surface area contributed by atoms with Crippen molar-refractivity contribution < 1.29 is 41.8 Å². The number of carbonyl (C=O) groups excluding carboxylic acids is 4. The fraction of sp³-hybridized carbons (Fsp3) is 0.415. The number of carbonyl (C=O) groups is 4. The molecule has 314 valence electrons. The first-order chi connectivity index (χ1) is 28.0. The van der Waals surface area contributed by atoms with Crippen LogP contribution in [0.2, 0.25) is 0 Å². The number of hydrogen-bond donors (Lipinski definition) is 5. The molecule has 4 amide bonds. The van der Waals surface area contributed by atoms with E-state index >= 15 is 0 Å². The largest absolute Gasteiger partial charge is 0.573 e. The number of nitrogens with one attached hydrogen (secondary N) is 5. The molecule has 2 saturated heterocycles. The second-order valence-electron chi connectivity index (χ2n) is 15.0. The fourth-order valence-electron chi connectivity index (χ4n) is 7.46. The van der Waals surface area contributed by atoms with Crippen molar-refractivity contribution in [2.24, 2.45) is 5.92 Å². The Morgan fingerprint density at radius 1 is 0.915 bits per heavy atom. The number of halogens is 3. The van der Waals surface area contributed by atoms with Gasteiger partial charge in [0.2, 0.25) is 0 Å². The Balaban J connectivity index is 1.12. The predicted molar refractivity (Wildman–Crippen MR) is 214 cm³/mol. The monoisotopic (exact) mass is 819 g/mol. The van der Waals surface area contributed by atoms with Gasteiger partial charge in [-0.25, -0.2) is 19.6 Å². The number of pyridine rings is 1. The van der Waals surface area contributed by atoms with E-state index in [4.69, 9.17) is 0 Å². The number of benzene rings is 2. The Labute approximate surface area is 339 Å². The molecule has 2 aromatic heterocycles. The average molecular weight is 820 g/mol. The van der Waals surface area contributed by atoms with Gasteiger partial charge in [-0.1, -0.05) is 38.1 Å². The quantitative estimate of drug-likeness (QED) is 0.116. The standard InChI is InChI=1S/C41H48F3N9O6/c1-22(2)35(51-40(57)58-6)36(54)30-14-15-31(49-30)37-47-19-32(50-37)26-9-7-25(8-10-26)29-13-12-28(17-33(29)59-41(42,43)44)48-38(55)27-11-16-34(46-18-27)52-20-24(4)53(21-23(52)3)39(56)45-5/h7-13,16-19,22-24,30-31,35,49H,14-15,20-21H2,1-6H3,(H,45,56)(H,47,50)(H,48,55)(H,51,57)/t23?,24?,30?,31?,35-/m0/s1. The van der Waals surface area contributed by atoms with E-state index in [0.717, 1.165) is 11.6 Å². The molecular weight excluding hydrogens is 772 g/mol. The highest BCUT2D eigenvalue weighted by Crippen LogP contribution is 2.37. The van der Waals surface area contributed by atoms with Gasteiger partial charge in [0.05, 0.1) is 42.7 Å². The summed E-state index contributed by atoms with van der Waals surface area (Å²) in [5, 5.41) is 11.2. The molecule has 59 heavy (non-hydrogen) atoms. The highest BCUT2D eigenvalue weighted by Gasteiger charge is 2.37. The fourth-order valence-corrected chi connectivity index (χ4v) is 7.46. The number of aromatic amines is 1. The van der Waals surface area contributed by atoms with Crippen LogP contribution in [0.25, 0.3) is 22.4 Å². The first-order valence-electron chi connectivity index (χ1n) is 19.3. The lowest BCUT2D eigenvalue weighted by atomic mass is 9.94. The van der Waals surface area contributed by atoms with Crippen molar-refractivity contribution in [2.45, 2.75) is 77.1 Å². The van der Waals surface area contributed by atoms with E-state index in [2.05, 4.69) is 50.6 Å². The molecule has 0 radical (unpaired) electrons. The molecule has 2 aromatic carbocycles. The minimum atomic E-state index is -5.00. The first-order valence-corrected chi connectivity index (χ1v) is 19.3. The molecule has 4 aromatic rings. The van der Waals surface area contributed by atoms with Crippen molar-refractivity contribution in [3.63, 3.8) is 0 Å². The molecule has 2 fully saturated rings. The van der Waals surface area contributed by atoms with Gasteiger partial charge in [-0.15, -0.1) is 13.2 Å². The third kappa shape index (κ3) is 9.93. The summed E-state index contributed by atoms with van der Waals surface area (Å²) in [6.07, 6.45) is -1.45. The molecule has 4 heterocycles. The van der Waals surface area contributed by atoms with Crippen molar-refractivity contribution in [2.75, 3.05) is 37.5 Å². The van der Waals surface area contributed by atoms with Crippen molar-refractivity contribution in [3.8, 4) is 28.1 Å². The Hall–Kier alpha value is -6.17. The summed E-state index contributed by atoms with van der Waals surface area (Å²) < 4.78 is 50.0. The topological polar surface area (TPSA) is 183 Å². The average Bonchev–Trinajstić information content (AvgIpc) is 3.91. The van der Waals surface area contributed by atoms with E-state index in [1.54, 1.807) is 54.5 Å². The number of ketones is 1. The van der Waals surface area contributed by atoms with Gasteiger partial charge in [-0.3, -0.25) is 14.9 Å². The SMILES string of the molecule is CNC(=O)N1CC(C)N(c2ccc(C(=O)Nc3ccc(-c4ccc(-c5cnc(C6CCC(C(=O)[C@@H](NC(=O)OC)C(C)C)N6)[nH]5)cc4)c(OC(F)(F)F)c3)cn2)CC1C. The van der Waals surface area contributed by atoms with Gasteiger partial charge in [0, 0.05) is 55.7 Å². The molecule has 15 nitrogen and oxygen atoms in total. The molecule has 5 atom stereocenters. The van der Waals surface area contributed by atoms with Crippen LogP contribution in [0, 0.1) is 5.92 Å². The van der Waals surface area contributed by atoms with Crippen molar-refractivity contribution in [1.82, 2.24) is 35.8 Å². The molecular formula is C41H48F3N9O6. The molecule has 5 N–H and O–H groups in total. The number of alkyl halides is 3. The van der Waals surface area contributed by atoms with Crippen LogP contribution >= 0.6 is 0 Å². The lowest BCUT2D eigenvalue weighted by Crippen LogP contribution is -2.60. The van der Waals surface area contributed by atoms with E-state index in [9.17, 15) is 32.3 Å². The Kier molecular flexibility index (Phi) is 12.8. The van der Waals surface area contributed by atoms with Crippen LogP contribution in [-0.2, 0) is 9.53 Å². The number of imidazole rings is 1. The predicted octanol–water partition coefficient (Wildman–Crippen LogP) is 6.27. The van der Waals surface area contributed by atoms with E-state index in [1.165, 1.54) is 25.4 Å². The molecule has 18 heteroatoms. The van der Waals surface area contributed by atoms with E-state index < -0.39 is 36.2 Å². The summed E-state index contributed by atoms with van der Waals surface area (Å²) in [4.78, 5) is 66.6. The lowest BCUT2D eigenvalue weighted by Gasteiger charge is -2.44. The summed E-state index contributed by atoms with van der Waals surface area (Å²) in [5.41, 5.74) is 2.25. The van der Waals surface area contributed by atoms with Crippen molar-refractivity contribution in [1.29, 1.82) is 0 Å². The van der Waals surface area contributed by atoms with E-state index in [0.29, 0.717) is 48.8 Å². The normalized spacial score (nSPS) is 19.9. The van der Waals surface area contributed by atoms with E-state index in [-0.39, 0.29) is 52.7 Å². The van der Waals surface area contributed by atoms with Gasteiger partial charge in [0.15, 0.2) is 5.78 Å². The van der Waals surface area contributed by atoms with E-state index in [1.807, 2.05) is 27.7 Å². The Morgan fingerprint density at radius 2 is 1.64 bits per heavy atom. The minimum Gasteiger partial charge on any atom is -0.453 e. The minimum absolute atomic E-state index is 0.0354. The number of Topliss-reactive ketones (excluding diaryl/α,β-unsaturated/α-hetero) is 1. The number of methoxy groups -OCH3 is 1. The number of H-pyrrole nitrogens is 1. The van der Waals surface area contributed by atoms with Crippen LogP contribution in [0.5, 0.6) is 5.75 Å². The summed E-state index contributed by atoms with van der Waals surface area (Å²) in [6, 6.07) is 12.4. The van der Waals surface area contributed by atoms with Gasteiger partial charge < -0.3 is 40.2 Å². The zero-order valence-electron chi connectivity index (χ0n) is 33.5. The van der Waals surface area contributed by atoms with Gasteiger partial charge >= 0.3 is 18.5 Å². The highest BCUT2D eigenvalue weighted by atomic mass is 19.4.